The monoisotopic (exact) mass is 448 g/mol. The highest BCUT2D eigenvalue weighted by atomic mass is 16.5. The van der Waals surface area contributed by atoms with Crippen LogP contribution in [0, 0.1) is 13.8 Å². The minimum absolute atomic E-state index is 0.0238. The van der Waals surface area contributed by atoms with Crippen molar-refractivity contribution in [1.29, 1.82) is 0 Å². The third-order valence-corrected chi connectivity index (χ3v) is 6.33. The van der Waals surface area contributed by atoms with Crippen LogP contribution in [0.15, 0.2) is 35.0 Å². The summed E-state index contributed by atoms with van der Waals surface area (Å²) >= 11 is 0. The van der Waals surface area contributed by atoms with E-state index < -0.39 is 0 Å². The average Bonchev–Trinajstić information content (AvgIpc) is 3.17. The van der Waals surface area contributed by atoms with Crippen LogP contribution in [0.1, 0.15) is 77.3 Å². The number of amides is 1. The van der Waals surface area contributed by atoms with Gasteiger partial charge in [0.1, 0.15) is 5.82 Å². The highest BCUT2D eigenvalue weighted by Crippen LogP contribution is 2.38. The molecule has 0 bridgehead atoms. The summed E-state index contributed by atoms with van der Waals surface area (Å²) < 4.78 is 10.9. The van der Waals surface area contributed by atoms with Crippen molar-refractivity contribution < 1.29 is 14.1 Å². The molecular weight excluding hydrogens is 416 g/mol. The van der Waals surface area contributed by atoms with Gasteiger partial charge in [0.25, 0.3) is 5.91 Å². The van der Waals surface area contributed by atoms with E-state index in [0.29, 0.717) is 24.5 Å². The van der Waals surface area contributed by atoms with Crippen LogP contribution < -0.4 is 0 Å². The first-order valence-electron chi connectivity index (χ1n) is 11.7. The zero-order chi connectivity index (χ0) is 23.4. The normalized spacial score (nSPS) is 16.2. The molecule has 174 valence electrons. The van der Waals surface area contributed by atoms with Gasteiger partial charge in [0.2, 0.25) is 0 Å². The van der Waals surface area contributed by atoms with E-state index in [1.165, 1.54) is 0 Å². The fourth-order valence-corrected chi connectivity index (χ4v) is 4.41. The molecule has 0 saturated carbocycles. The standard InChI is InChI=1S/C26H32N4O3/c1-5-8-23-27-15-21(25-17(2)18(3)29-33-25)24(28-23)22-9-6-7-14-30(22)26(31)20-12-10-19(11-13-20)16-32-4/h10-13,15,22H,5-9,14,16H2,1-4H3. The van der Waals surface area contributed by atoms with Gasteiger partial charge < -0.3 is 14.2 Å². The van der Waals surface area contributed by atoms with Crippen LogP contribution in [-0.2, 0) is 17.8 Å². The Morgan fingerprint density at radius 2 is 2.00 bits per heavy atom. The van der Waals surface area contributed by atoms with Crippen molar-refractivity contribution in [2.75, 3.05) is 13.7 Å². The zero-order valence-electron chi connectivity index (χ0n) is 19.9. The lowest BCUT2D eigenvalue weighted by Crippen LogP contribution is -2.39. The van der Waals surface area contributed by atoms with E-state index in [1.54, 1.807) is 7.11 Å². The number of rotatable bonds is 7. The number of carbonyl (C=O) groups excluding carboxylic acids is 1. The molecule has 1 aromatic carbocycles. The molecule has 3 aromatic rings. The number of likely N-dealkylation sites (tertiary alicyclic amines) is 1. The smallest absolute Gasteiger partial charge is 0.254 e. The summed E-state index contributed by atoms with van der Waals surface area (Å²) in [4.78, 5) is 25.1. The van der Waals surface area contributed by atoms with E-state index in [9.17, 15) is 4.79 Å². The lowest BCUT2D eigenvalue weighted by atomic mass is 9.93. The van der Waals surface area contributed by atoms with Crippen molar-refractivity contribution in [3.63, 3.8) is 0 Å². The molecule has 4 rings (SSSR count). The van der Waals surface area contributed by atoms with Gasteiger partial charge >= 0.3 is 0 Å². The van der Waals surface area contributed by atoms with Gasteiger partial charge in [0, 0.05) is 37.4 Å². The molecule has 1 unspecified atom stereocenters. The van der Waals surface area contributed by atoms with Crippen LogP contribution in [0.25, 0.3) is 11.3 Å². The summed E-state index contributed by atoms with van der Waals surface area (Å²) in [6.07, 6.45) is 6.48. The van der Waals surface area contributed by atoms with E-state index in [4.69, 9.17) is 14.2 Å². The Labute approximate surface area is 195 Å². The number of piperidine rings is 1. The third-order valence-electron chi connectivity index (χ3n) is 6.33. The van der Waals surface area contributed by atoms with Crippen LogP contribution in [-0.4, -0.2) is 39.6 Å². The first-order valence-corrected chi connectivity index (χ1v) is 11.7. The van der Waals surface area contributed by atoms with Gasteiger partial charge in [-0.15, -0.1) is 0 Å². The van der Waals surface area contributed by atoms with Gasteiger partial charge in [-0.05, 0) is 57.2 Å². The van der Waals surface area contributed by atoms with Crippen molar-refractivity contribution >= 4 is 5.91 Å². The number of aromatic nitrogens is 3. The minimum Gasteiger partial charge on any atom is -0.380 e. The van der Waals surface area contributed by atoms with Crippen molar-refractivity contribution in [1.82, 2.24) is 20.0 Å². The van der Waals surface area contributed by atoms with Gasteiger partial charge in [-0.25, -0.2) is 9.97 Å². The second-order valence-electron chi connectivity index (χ2n) is 8.70. The second kappa shape index (κ2) is 10.3. The average molecular weight is 449 g/mol. The molecular formula is C26H32N4O3. The molecule has 1 aliphatic heterocycles. The largest absolute Gasteiger partial charge is 0.380 e. The zero-order valence-corrected chi connectivity index (χ0v) is 19.9. The Kier molecular flexibility index (Phi) is 7.18. The van der Waals surface area contributed by atoms with Crippen LogP contribution in [0.5, 0.6) is 0 Å². The van der Waals surface area contributed by atoms with Crippen molar-refractivity contribution in [2.45, 2.75) is 65.5 Å². The number of hydrogen-bond donors (Lipinski definition) is 0. The highest BCUT2D eigenvalue weighted by molar-refractivity contribution is 5.94. The van der Waals surface area contributed by atoms with Gasteiger partial charge in [0.05, 0.1) is 29.6 Å². The Hall–Kier alpha value is -3.06. The van der Waals surface area contributed by atoms with E-state index in [2.05, 4.69) is 17.1 Å². The number of methoxy groups -OCH3 is 1. The third kappa shape index (κ3) is 4.83. The minimum atomic E-state index is -0.136. The SMILES string of the molecule is CCCc1ncc(-c2onc(C)c2C)c(C2CCCCN2C(=O)c2ccc(COC)cc2)n1. The molecule has 1 amide bonds. The van der Waals surface area contributed by atoms with Crippen molar-refractivity contribution in [3.05, 3.63) is 64.4 Å². The van der Waals surface area contributed by atoms with Crippen LogP contribution in [0.2, 0.25) is 0 Å². The number of benzene rings is 1. The molecule has 1 atom stereocenters. The Bertz CT molecular complexity index is 1110. The summed E-state index contributed by atoms with van der Waals surface area (Å²) in [5, 5.41) is 4.14. The molecule has 0 radical (unpaired) electrons. The predicted octanol–water partition coefficient (Wildman–Crippen LogP) is 5.21. The van der Waals surface area contributed by atoms with Gasteiger partial charge in [-0.2, -0.15) is 0 Å². The first-order chi connectivity index (χ1) is 16.0. The molecule has 1 saturated heterocycles. The van der Waals surface area contributed by atoms with Crippen LogP contribution in [0.4, 0.5) is 0 Å². The van der Waals surface area contributed by atoms with Crippen LogP contribution >= 0.6 is 0 Å². The maximum atomic E-state index is 13.6. The first kappa shape index (κ1) is 23.1. The van der Waals surface area contributed by atoms with Crippen molar-refractivity contribution in [3.8, 4) is 11.3 Å². The predicted molar refractivity (Wildman–Crippen MR) is 126 cm³/mol. The van der Waals surface area contributed by atoms with E-state index in [-0.39, 0.29) is 11.9 Å². The molecule has 33 heavy (non-hydrogen) atoms. The number of nitrogens with zero attached hydrogens (tertiary/aromatic N) is 4. The highest BCUT2D eigenvalue weighted by Gasteiger charge is 2.33. The molecule has 1 aliphatic rings. The quantitative estimate of drug-likeness (QED) is 0.493. The Balaban J connectivity index is 1.74. The van der Waals surface area contributed by atoms with E-state index >= 15 is 0 Å². The maximum Gasteiger partial charge on any atom is 0.254 e. The van der Waals surface area contributed by atoms with Crippen LogP contribution in [0.3, 0.4) is 0 Å². The van der Waals surface area contributed by atoms with Gasteiger partial charge in [-0.1, -0.05) is 24.2 Å². The summed E-state index contributed by atoms with van der Waals surface area (Å²) in [6, 6.07) is 7.53. The van der Waals surface area contributed by atoms with Gasteiger partial charge in [-0.3, -0.25) is 4.79 Å². The molecule has 7 heteroatoms. The fourth-order valence-electron chi connectivity index (χ4n) is 4.41. The second-order valence-corrected chi connectivity index (χ2v) is 8.70. The summed E-state index contributed by atoms with van der Waals surface area (Å²) in [5.74, 6) is 1.51. The lowest BCUT2D eigenvalue weighted by Gasteiger charge is -2.36. The van der Waals surface area contributed by atoms with Gasteiger partial charge in [0.15, 0.2) is 5.76 Å². The Morgan fingerprint density at radius 1 is 1.21 bits per heavy atom. The lowest BCUT2D eigenvalue weighted by molar-refractivity contribution is 0.0606. The molecule has 0 spiro atoms. The summed E-state index contributed by atoms with van der Waals surface area (Å²) in [7, 11) is 1.67. The van der Waals surface area contributed by atoms with Crippen molar-refractivity contribution in [2.24, 2.45) is 0 Å². The van der Waals surface area contributed by atoms with E-state index in [0.717, 1.165) is 66.0 Å². The summed E-state index contributed by atoms with van der Waals surface area (Å²) in [6.45, 7) is 7.27. The number of carbonyl (C=O) groups is 1. The number of hydrogen-bond acceptors (Lipinski definition) is 6. The fraction of sp³-hybridized carbons (Fsp3) is 0.462. The topological polar surface area (TPSA) is 81.4 Å². The van der Waals surface area contributed by atoms with E-state index in [1.807, 2.05) is 49.2 Å². The molecule has 7 nitrogen and oxygen atoms in total. The molecule has 1 fully saturated rings. The Morgan fingerprint density at radius 3 is 2.67 bits per heavy atom. The molecule has 2 aromatic heterocycles. The number of aryl methyl sites for hydroxylation is 2. The number of ether oxygens (including phenoxy) is 1. The molecule has 0 aliphatic carbocycles. The maximum absolute atomic E-state index is 13.6. The summed E-state index contributed by atoms with van der Waals surface area (Å²) in [5.41, 5.74) is 5.23. The molecule has 3 heterocycles. The molecule has 0 N–H and O–H groups in total.